The topological polar surface area (TPSA) is 547 Å². The molecule has 0 spiro atoms. The summed E-state index contributed by atoms with van der Waals surface area (Å²) < 4.78 is 83.2. The summed E-state index contributed by atoms with van der Waals surface area (Å²) in [7, 11) is 0. The van der Waals surface area contributed by atoms with Gasteiger partial charge in [0.15, 0.2) is 18.9 Å². The molecule has 0 aromatic rings. The van der Waals surface area contributed by atoms with Gasteiger partial charge in [-0.25, -0.2) is 0 Å². The summed E-state index contributed by atoms with van der Waals surface area (Å²) in [6.07, 6.45) is -19.9. The molecule has 17 unspecified atom stereocenters. The van der Waals surface area contributed by atoms with Crippen molar-refractivity contribution >= 4 is 72.5 Å². The number of carbonyl (C=O) groups is 6. The molecule has 26 atom stereocenters. The first-order chi connectivity index (χ1) is 50.1. The standard InChI is InChI=1S/C64H114N6O32P2S2/c1-34(74)68-52-58(84)55(81)43(28-71)98-61(52)89-22-10-7-13-49(78)65-25-37-16-19-40(77)46(95-37)32-93-103(87,105)102-42-21-18-39(27-67-51(80)15-9-12-24-91-63-54(70-36(3)76)60(86)57(83)45(30-73)100-63)97-48(42)33-94-104(88,106)101-41-20-17-38(96-47(41)31-92-64(4,5)6)26-66-50(79)14-8-11-23-90-62-53(69-35(2)75)59(85)56(82)44(29-72)99-62/h37-48,52-63,71-73,77,81-86H,7-33H2,1-6H3,(H,65,78)(H,66,79)(H,67,80)(H,68,74)(H,69,75)(H,70,76)(H,87,105)(H,88,106)/t37-,38-,39-,40+,41+,42+,43?,44?,45?,46-,47-,48-,52?,53?,54?,55?,56?,57?,58?,59?,60?,61?,62?,63?,103?,104?/m1/s1. The van der Waals surface area contributed by atoms with Crippen LogP contribution in [0.3, 0.4) is 0 Å². The fourth-order valence-corrected chi connectivity index (χ4v) is 15.6. The van der Waals surface area contributed by atoms with Gasteiger partial charge in [-0.05, 0) is 121 Å². The normalized spacial score (nSPS) is 34.8. The van der Waals surface area contributed by atoms with Gasteiger partial charge in [-0.3, -0.25) is 28.8 Å². The fraction of sp³-hybridized carbons (Fsp3) is 0.906. The van der Waals surface area contributed by atoms with Crippen molar-refractivity contribution in [2.45, 2.75) is 290 Å². The van der Waals surface area contributed by atoms with Crippen molar-refractivity contribution in [3.63, 3.8) is 0 Å². The van der Waals surface area contributed by atoms with Crippen molar-refractivity contribution in [2.75, 3.05) is 79.1 Å². The number of ether oxygens (including phenoxy) is 10. The maximum absolute atomic E-state index is 13.2. The lowest BCUT2D eigenvalue weighted by Gasteiger charge is -2.42. The van der Waals surface area contributed by atoms with Crippen molar-refractivity contribution in [3.8, 4) is 0 Å². The molecule has 42 heteroatoms. The highest BCUT2D eigenvalue weighted by molar-refractivity contribution is 8.07. The molecule has 38 nitrogen and oxygen atoms in total. The van der Waals surface area contributed by atoms with Crippen LogP contribution >= 0.6 is 13.4 Å². The van der Waals surface area contributed by atoms with Crippen LogP contribution in [-0.4, -0.2) is 328 Å². The summed E-state index contributed by atoms with van der Waals surface area (Å²) in [4.78, 5) is 98.1. The van der Waals surface area contributed by atoms with Gasteiger partial charge in [-0.15, -0.1) is 0 Å². The lowest BCUT2D eigenvalue weighted by atomic mass is 9.97. The summed E-state index contributed by atoms with van der Waals surface area (Å²) in [5.41, 5.74) is -0.646. The lowest BCUT2D eigenvalue weighted by molar-refractivity contribution is -0.270. The molecule has 6 aliphatic rings. The summed E-state index contributed by atoms with van der Waals surface area (Å²) in [5, 5.41) is 119. The van der Waals surface area contributed by atoms with Crippen LogP contribution in [0.1, 0.15) is 138 Å². The second kappa shape index (κ2) is 45.1. The average Bonchev–Trinajstić information content (AvgIpc) is 0.817. The summed E-state index contributed by atoms with van der Waals surface area (Å²) in [5.74, 6) is -2.49. The van der Waals surface area contributed by atoms with Crippen LogP contribution in [0.4, 0.5) is 0 Å². The molecule has 0 aromatic heterocycles. The van der Waals surface area contributed by atoms with Gasteiger partial charge in [0, 0.05) is 79.5 Å². The average molecular weight is 1610 g/mol. The molecular weight excluding hydrogens is 1490 g/mol. The highest BCUT2D eigenvalue weighted by Crippen LogP contribution is 2.51. The molecule has 6 amide bonds. The van der Waals surface area contributed by atoms with E-state index < -0.39 is 217 Å². The SMILES string of the molecule is CC(=O)NC1C(OCCCCC(=O)NC[C@H]2CC[C@H](OP(O)(=S)OC[C@H]3O[C@@H](CNC(=O)CCCCOC4OC(CO)C(O)C(O)C4NC(C)=O)CC[C@@H]3OP(O)(=S)OC[C@H]3O[C@@H](CNC(=O)CCCCOC4OC(CO)C(O)C(O)C4NC(C)=O)CC[C@@H]3O)[C@@H](COC(C)(C)C)O2)OC(CO)C(O)C1O. The minimum atomic E-state index is -4.24. The first kappa shape index (κ1) is 92.0. The molecule has 614 valence electrons. The van der Waals surface area contributed by atoms with Gasteiger partial charge < -0.3 is 158 Å². The van der Waals surface area contributed by atoms with Crippen LogP contribution in [0.25, 0.3) is 0 Å². The molecule has 6 saturated heterocycles. The molecule has 6 fully saturated rings. The molecule has 0 radical (unpaired) electrons. The maximum atomic E-state index is 13.2. The van der Waals surface area contributed by atoms with E-state index in [4.69, 9.17) is 89.1 Å². The third-order valence-corrected chi connectivity index (χ3v) is 21.5. The van der Waals surface area contributed by atoms with Gasteiger partial charge >= 0.3 is 13.4 Å². The Morgan fingerprint density at radius 3 is 1.06 bits per heavy atom. The Morgan fingerprint density at radius 1 is 0.425 bits per heavy atom. The van der Waals surface area contributed by atoms with Crippen molar-refractivity contribution < 1.29 is 155 Å². The summed E-state index contributed by atoms with van der Waals surface area (Å²) in [6, 6.07) is -3.36. The van der Waals surface area contributed by atoms with Crippen LogP contribution in [0, 0.1) is 0 Å². The van der Waals surface area contributed by atoms with E-state index in [9.17, 15) is 89.6 Å². The summed E-state index contributed by atoms with van der Waals surface area (Å²) >= 11 is 11.1. The molecule has 6 heterocycles. The van der Waals surface area contributed by atoms with E-state index in [-0.39, 0.29) is 109 Å². The summed E-state index contributed by atoms with van der Waals surface area (Å²) in [6.45, 7) is -1.80. The number of aliphatic hydroxyl groups is 10. The Bertz CT molecular complexity index is 2820. The van der Waals surface area contributed by atoms with Gasteiger partial charge in [-0.2, -0.15) is 0 Å². The highest BCUT2D eigenvalue weighted by atomic mass is 32.5. The van der Waals surface area contributed by atoms with E-state index in [0.29, 0.717) is 51.4 Å². The molecule has 0 aliphatic carbocycles. The second-order valence-corrected chi connectivity index (χ2v) is 33.7. The minimum absolute atomic E-state index is 0.0153. The highest BCUT2D eigenvalue weighted by Gasteiger charge is 2.49. The van der Waals surface area contributed by atoms with Crippen LogP contribution in [0.2, 0.25) is 0 Å². The Labute approximate surface area is 626 Å². The number of hydrogen-bond acceptors (Lipinski definition) is 32. The predicted octanol–water partition coefficient (Wildman–Crippen LogP) is -4.22. The molecule has 6 rings (SSSR count). The number of rotatable bonds is 42. The number of unbranched alkanes of at least 4 members (excludes halogenated alkanes) is 3. The number of carbonyl (C=O) groups excluding carboxylic acids is 6. The van der Waals surface area contributed by atoms with Gasteiger partial charge in [0.25, 0.3) is 0 Å². The Kier molecular flexibility index (Phi) is 39.1. The second-order valence-electron chi connectivity index (χ2n) is 28.1. The maximum Gasteiger partial charge on any atom is 0.324 e. The molecule has 0 bridgehead atoms. The van der Waals surface area contributed by atoms with Crippen LogP contribution in [0.5, 0.6) is 0 Å². The van der Waals surface area contributed by atoms with Crippen LogP contribution < -0.4 is 31.9 Å². The van der Waals surface area contributed by atoms with Crippen molar-refractivity contribution in [2.24, 2.45) is 0 Å². The van der Waals surface area contributed by atoms with Gasteiger partial charge in [0.05, 0.1) is 81.9 Å². The molecule has 106 heavy (non-hydrogen) atoms. The molecule has 6 aliphatic heterocycles. The van der Waals surface area contributed by atoms with Gasteiger partial charge in [0.2, 0.25) is 35.4 Å². The molecule has 0 aromatic carbocycles. The molecular formula is C64H114N6O32P2S2. The third-order valence-electron chi connectivity index (χ3n) is 18.3. The van der Waals surface area contributed by atoms with E-state index in [1.165, 1.54) is 20.8 Å². The van der Waals surface area contributed by atoms with E-state index in [2.05, 4.69) is 31.9 Å². The zero-order chi connectivity index (χ0) is 78.1. The number of aliphatic hydroxyl groups excluding tert-OH is 10. The fourth-order valence-electron chi connectivity index (χ4n) is 12.6. The van der Waals surface area contributed by atoms with Gasteiger partial charge in [-0.1, -0.05) is 0 Å². The largest absolute Gasteiger partial charge is 0.394 e. The van der Waals surface area contributed by atoms with E-state index in [1.54, 1.807) is 0 Å². The van der Waals surface area contributed by atoms with Crippen LogP contribution in [0.15, 0.2) is 0 Å². The number of nitrogens with one attached hydrogen (secondary N) is 6. The Morgan fingerprint density at radius 2 is 0.736 bits per heavy atom. The first-order valence-electron chi connectivity index (χ1n) is 36.0. The number of hydrogen-bond donors (Lipinski definition) is 18. The Balaban J connectivity index is 1.01. The molecule has 18 N–H and O–H groups in total. The van der Waals surface area contributed by atoms with E-state index in [0.717, 1.165) is 0 Å². The quantitative estimate of drug-likeness (QED) is 0.0203. The third kappa shape index (κ3) is 30.9. The van der Waals surface area contributed by atoms with E-state index >= 15 is 0 Å². The van der Waals surface area contributed by atoms with Crippen molar-refractivity contribution in [1.82, 2.24) is 31.9 Å². The van der Waals surface area contributed by atoms with E-state index in [1.807, 2.05) is 20.8 Å². The smallest absolute Gasteiger partial charge is 0.324 e. The van der Waals surface area contributed by atoms with Crippen molar-refractivity contribution in [3.05, 3.63) is 0 Å². The monoisotopic (exact) mass is 1600 g/mol. The zero-order valence-electron chi connectivity index (χ0n) is 60.7. The van der Waals surface area contributed by atoms with Crippen molar-refractivity contribution in [1.29, 1.82) is 0 Å². The minimum Gasteiger partial charge on any atom is -0.394 e. The Hall–Kier alpha value is -2.92. The van der Waals surface area contributed by atoms with Crippen LogP contribution in [-0.2, 0) is 118 Å². The number of amides is 6. The molecule has 0 saturated carbocycles. The first-order valence-corrected chi connectivity index (χ1v) is 41.2. The van der Waals surface area contributed by atoms with Gasteiger partial charge in [0.1, 0.15) is 91.4 Å². The lowest BCUT2D eigenvalue weighted by Crippen LogP contribution is -2.64. The predicted molar refractivity (Wildman–Crippen MR) is 375 cm³/mol. The zero-order valence-corrected chi connectivity index (χ0v) is 64.1.